The summed E-state index contributed by atoms with van der Waals surface area (Å²) >= 11 is 0. The van der Waals surface area contributed by atoms with E-state index in [1.807, 2.05) is 0 Å². The second kappa shape index (κ2) is 7.96. The summed E-state index contributed by atoms with van der Waals surface area (Å²) in [5.41, 5.74) is 0.552. The summed E-state index contributed by atoms with van der Waals surface area (Å²) < 4.78 is 25.9. The van der Waals surface area contributed by atoms with Crippen LogP contribution in [-0.2, 0) is 14.8 Å². The molecule has 0 spiro atoms. The molecule has 0 aliphatic carbocycles. The number of sulfonamides is 1. The zero-order chi connectivity index (χ0) is 17.6. The second-order valence-corrected chi connectivity index (χ2v) is 7.23. The van der Waals surface area contributed by atoms with Crippen LogP contribution in [-0.4, -0.2) is 37.2 Å². The maximum absolute atomic E-state index is 12.1. The van der Waals surface area contributed by atoms with Crippen molar-refractivity contribution in [3.63, 3.8) is 0 Å². The zero-order valence-electron chi connectivity index (χ0n) is 13.4. The van der Waals surface area contributed by atoms with E-state index < -0.39 is 33.9 Å². The Morgan fingerprint density at radius 3 is 2.48 bits per heavy atom. The molecule has 1 aromatic carbocycles. The molecule has 23 heavy (non-hydrogen) atoms. The molecule has 0 aliphatic rings. The van der Waals surface area contributed by atoms with Crippen LogP contribution in [0.4, 0.5) is 5.69 Å². The molecule has 0 aromatic heterocycles. The van der Waals surface area contributed by atoms with Crippen LogP contribution in [0.1, 0.15) is 37.6 Å². The van der Waals surface area contributed by atoms with E-state index in [0.29, 0.717) is 12.1 Å². The number of carbonyl (C=O) groups is 2. The Balaban J connectivity index is 2.84. The van der Waals surface area contributed by atoms with Gasteiger partial charge in [-0.05, 0) is 38.5 Å². The fraction of sp³-hybridized carbons (Fsp3) is 0.467. The topological polar surface area (TPSA) is 113 Å². The third-order valence-electron chi connectivity index (χ3n) is 3.37. The van der Waals surface area contributed by atoms with Crippen molar-refractivity contribution in [1.82, 2.24) is 5.32 Å². The minimum Gasteiger partial charge on any atom is -0.481 e. The lowest BCUT2D eigenvalue weighted by Gasteiger charge is -2.18. The van der Waals surface area contributed by atoms with Gasteiger partial charge in [-0.1, -0.05) is 13.0 Å². The quantitative estimate of drug-likeness (QED) is 0.665. The van der Waals surface area contributed by atoms with E-state index in [9.17, 15) is 18.0 Å². The van der Waals surface area contributed by atoms with E-state index in [1.165, 1.54) is 19.1 Å². The highest BCUT2D eigenvalue weighted by Crippen LogP contribution is 2.14. The Labute approximate surface area is 136 Å². The van der Waals surface area contributed by atoms with Crippen molar-refractivity contribution in [1.29, 1.82) is 0 Å². The number of amides is 1. The number of hydrogen-bond acceptors (Lipinski definition) is 4. The zero-order valence-corrected chi connectivity index (χ0v) is 14.2. The smallest absolute Gasteiger partial charge is 0.308 e. The van der Waals surface area contributed by atoms with Gasteiger partial charge in [-0.25, -0.2) is 8.42 Å². The van der Waals surface area contributed by atoms with Crippen molar-refractivity contribution in [2.45, 2.75) is 33.2 Å². The lowest BCUT2D eigenvalue weighted by Crippen LogP contribution is -2.40. The normalized spacial score (nSPS) is 13.9. The molecule has 1 aromatic rings. The van der Waals surface area contributed by atoms with Gasteiger partial charge in [0.2, 0.25) is 10.0 Å². The van der Waals surface area contributed by atoms with Crippen molar-refractivity contribution in [3.05, 3.63) is 29.8 Å². The van der Waals surface area contributed by atoms with E-state index in [4.69, 9.17) is 5.11 Å². The first-order valence-corrected chi connectivity index (χ1v) is 8.95. The summed E-state index contributed by atoms with van der Waals surface area (Å²) in [6.07, 6.45) is 0.486. The first kappa shape index (κ1) is 19.0. The Morgan fingerprint density at radius 2 is 1.91 bits per heavy atom. The third kappa shape index (κ3) is 5.90. The van der Waals surface area contributed by atoms with Crippen LogP contribution in [0.15, 0.2) is 24.3 Å². The Kier molecular flexibility index (Phi) is 6.56. The number of carboxylic acid groups (broad SMARTS) is 1. The third-order valence-corrected chi connectivity index (χ3v) is 4.86. The molecule has 0 bridgehead atoms. The van der Waals surface area contributed by atoms with Crippen LogP contribution < -0.4 is 10.0 Å². The monoisotopic (exact) mass is 342 g/mol. The molecule has 1 amide bonds. The molecule has 7 nitrogen and oxygen atoms in total. The standard InChI is InChI=1S/C15H22N2O5S/c1-4-8-23(21,22)17-13-7-5-6-12(9-13)14(18)16-11(3)10(2)15(19)20/h5-7,9-11,17H,4,8H2,1-3H3,(H,16,18)(H,19,20). The number of anilines is 1. The Bertz CT molecular complexity index is 672. The van der Waals surface area contributed by atoms with Crippen LogP contribution in [0.25, 0.3) is 0 Å². The van der Waals surface area contributed by atoms with Crippen LogP contribution in [0.5, 0.6) is 0 Å². The van der Waals surface area contributed by atoms with Crippen LogP contribution in [0, 0.1) is 5.92 Å². The van der Waals surface area contributed by atoms with Gasteiger partial charge in [-0.15, -0.1) is 0 Å². The van der Waals surface area contributed by atoms with E-state index in [0.717, 1.165) is 0 Å². The molecule has 3 N–H and O–H groups in total. The van der Waals surface area contributed by atoms with Crippen LogP contribution >= 0.6 is 0 Å². The number of rotatable bonds is 8. The average Bonchev–Trinajstić information content (AvgIpc) is 2.45. The summed E-state index contributed by atoms with van der Waals surface area (Å²) in [5.74, 6) is -2.19. The van der Waals surface area contributed by atoms with E-state index >= 15 is 0 Å². The number of hydrogen-bond donors (Lipinski definition) is 3. The minimum atomic E-state index is -3.43. The van der Waals surface area contributed by atoms with E-state index in [1.54, 1.807) is 26.0 Å². The van der Waals surface area contributed by atoms with Crippen molar-refractivity contribution in [2.24, 2.45) is 5.92 Å². The first-order chi connectivity index (χ1) is 10.7. The molecule has 0 saturated heterocycles. The van der Waals surface area contributed by atoms with Gasteiger partial charge in [0, 0.05) is 17.3 Å². The summed E-state index contributed by atoms with van der Waals surface area (Å²) in [6.45, 7) is 4.86. The van der Waals surface area contributed by atoms with E-state index in [2.05, 4.69) is 10.0 Å². The number of carboxylic acids is 1. The fourth-order valence-electron chi connectivity index (χ4n) is 1.85. The van der Waals surface area contributed by atoms with Crippen molar-refractivity contribution in [3.8, 4) is 0 Å². The van der Waals surface area contributed by atoms with Gasteiger partial charge in [0.1, 0.15) is 0 Å². The number of nitrogens with one attached hydrogen (secondary N) is 2. The first-order valence-electron chi connectivity index (χ1n) is 7.30. The maximum Gasteiger partial charge on any atom is 0.308 e. The number of carbonyl (C=O) groups excluding carboxylic acids is 1. The molecule has 2 unspecified atom stereocenters. The van der Waals surface area contributed by atoms with Gasteiger partial charge in [-0.2, -0.15) is 0 Å². The largest absolute Gasteiger partial charge is 0.481 e. The van der Waals surface area contributed by atoms with Crippen LogP contribution in [0.3, 0.4) is 0 Å². The van der Waals surface area contributed by atoms with Crippen molar-refractivity contribution in [2.75, 3.05) is 10.5 Å². The van der Waals surface area contributed by atoms with E-state index in [-0.39, 0.29) is 11.3 Å². The molecular formula is C15H22N2O5S. The maximum atomic E-state index is 12.1. The van der Waals surface area contributed by atoms with Gasteiger partial charge in [0.15, 0.2) is 0 Å². The van der Waals surface area contributed by atoms with Gasteiger partial charge < -0.3 is 10.4 Å². The summed E-state index contributed by atoms with van der Waals surface area (Å²) in [4.78, 5) is 23.0. The molecular weight excluding hydrogens is 320 g/mol. The molecule has 0 fully saturated rings. The highest BCUT2D eigenvalue weighted by atomic mass is 32.2. The fourth-order valence-corrected chi connectivity index (χ4v) is 2.98. The number of aliphatic carboxylic acids is 1. The Hall–Kier alpha value is -2.09. The Morgan fingerprint density at radius 1 is 1.26 bits per heavy atom. The van der Waals surface area contributed by atoms with Gasteiger partial charge in [-0.3, -0.25) is 14.3 Å². The molecule has 128 valence electrons. The van der Waals surface area contributed by atoms with Gasteiger partial charge >= 0.3 is 5.97 Å². The molecule has 0 aliphatic heterocycles. The SMILES string of the molecule is CCCS(=O)(=O)Nc1cccc(C(=O)NC(C)C(C)C(=O)O)c1. The lowest BCUT2D eigenvalue weighted by atomic mass is 10.0. The molecule has 0 radical (unpaired) electrons. The van der Waals surface area contributed by atoms with Crippen LogP contribution in [0.2, 0.25) is 0 Å². The molecule has 0 saturated carbocycles. The highest BCUT2D eigenvalue weighted by molar-refractivity contribution is 7.92. The van der Waals surface area contributed by atoms with Gasteiger partial charge in [0.05, 0.1) is 11.7 Å². The minimum absolute atomic E-state index is 0.00339. The predicted molar refractivity (Wildman–Crippen MR) is 87.9 cm³/mol. The average molecular weight is 342 g/mol. The number of benzene rings is 1. The molecule has 8 heteroatoms. The highest BCUT2D eigenvalue weighted by Gasteiger charge is 2.21. The van der Waals surface area contributed by atoms with Crippen molar-refractivity contribution < 1.29 is 23.1 Å². The second-order valence-electron chi connectivity index (χ2n) is 5.39. The van der Waals surface area contributed by atoms with Crippen molar-refractivity contribution >= 4 is 27.6 Å². The molecule has 1 rings (SSSR count). The summed E-state index contributed by atoms with van der Waals surface area (Å²) in [5, 5.41) is 11.5. The lowest BCUT2D eigenvalue weighted by molar-refractivity contribution is -0.141. The summed E-state index contributed by atoms with van der Waals surface area (Å²) in [6, 6.07) is 5.50. The summed E-state index contributed by atoms with van der Waals surface area (Å²) in [7, 11) is -3.43. The van der Waals surface area contributed by atoms with Gasteiger partial charge in [0.25, 0.3) is 5.91 Å². The molecule has 0 heterocycles. The molecule has 2 atom stereocenters. The predicted octanol–water partition coefficient (Wildman–Crippen LogP) is 1.68.